The molecule has 0 fully saturated rings. The number of anilines is 1. The van der Waals surface area contributed by atoms with Gasteiger partial charge in [0.05, 0.1) is 10.5 Å². The zero-order valence-corrected chi connectivity index (χ0v) is 16.1. The van der Waals surface area contributed by atoms with Crippen LogP contribution in [0, 0.1) is 17.0 Å². The Kier molecular flexibility index (Phi) is 5.58. The topological polar surface area (TPSA) is 136 Å². The number of ether oxygens (including phenoxy) is 1. The van der Waals surface area contributed by atoms with Gasteiger partial charge in [-0.15, -0.1) is 0 Å². The summed E-state index contributed by atoms with van der Waals surface area (Å²) in [5.41, 5.74) is 0.401. The first kappa shape index (κ1) is 20.6. The number of nitrogens with one attached hydrogen (secondary N) is 1. The summed E-state index contributed by atoms with van der Waals surface area (Å²) < 4.78 is 5.02. The van der Waals surface area contributed by atoms with E-state index in [2.05, 4.69) is 5.32 Å². The average molecular weight is 411 g/mol. The fourth-order valence-electron chi connectivity index (χ4n) is 3.00. The third-order valence-electron chi connectivity index (χ3n) is 4.42. The highest BCUT2D eigenvalue weighted by atomic mass is 16.6. The number of esters is 1. The van der Waals surface area contributed by atoms with Crippen molar-refractivity contribution in [3.8, 4) is 0 Å². The third-order valence-corrected chi connectivity index (χ3v) is 4.42. The molecule has 0 radical (unpaired) electrons. The van der Waals surface area contributed by atoms with Gasteiger partial charge >= 0.3 is 5.97 Å². The van der Waals surface area contributed by atoms with Crippen LogP contribution in [0.2, 0.25) is 0 Å². The number of hydrogen-bond acceptors (Lipinski definition) is 7. The van der Waals surface area contributed by atoms with E-state index in [1.54, 1.807) is 18.2 Å². The standard InChI is InChI=1S/C20H17N3O7/c1-11-5-3-6-13(9-11)21-18(25)12(2)30-16(24)10-22-19(26)14-7-4-8-15(23(28)29)17(14)20(22)27/h3-9,12H,10H2,1-2H3,(H,21,25)/t12-/m1/s1. The van der Waals surface area contributed by atoms with E-state index >= 15 is 0 Å². The van der Waals surface area contributed by atoms with Crippen LogP contribution in [0.5, 0.6) is 0 Å². The van der Waals surface area contributed by atoms with E-state index in [9.17, 15) is 29.3 Å². The fraction of sp³-hybridized carbons (Fsp3) is 0.200. The van der Waals surface area contributed by atoms with E-state index in [-0.39, 0.29) is 11.1 Å². The molecule has 0 aromatic heterocycles. The Labute approximate surface area is 170 Å². The summed E-state index contributed by atoms with van der Waals surface area (Å²) in [7, 11) is 0. The Hall–Kier alpha value is -4.08. The number of hydrogen-bond donors (Lipinski definition) is 1. The van der Waals surface area contributed by atoms with E-state index in [1.807, 2.05) is 13.0 Å². The molecule has 10 nitrogen and oxygen atoms in total. The molecule has 1 atom stereocenters. The van der Waals surface area contributed by atoms with Crippen molar-refractivity contribution in [2.24, 2.45) is 0 Å². The van der Waals surface area contributed by atoms with Gasteiger partial charge in [0.1, 0.15) is 12.1 Å². The molecule has 1 aliphatic heterocycles. The van der Waals surface area contributed by atoms with Gasteiger partial charge in [0.2, 0.25) is 0 Å². The summed E-state index contributed by atoms with van der Waals surface area (Å²) in [5, 5.41) is 13.7. The largest absolute Gasteiger partial charge is 0.451 e. The number of fused-ring (bicyclic) bond motifs is 1. The number of nitro benzene ring substituents is 1. The number of carbonyl (C=O) groups excluding carboxylic acids is 4. The maximum Gasteiger partial charge on any atom is 0.326 e. The molecule has 1 heterocycles. The zero-order chi connectivity index (χ0) is 22.0. The highest BCUT2D eigenvalue weighted by Gasteiger charge is 2.42. The van der Waals surface area contributed by atoms with E-state index in [0.29, 0.717) is 10.6 Å². The number of imide groups is 1. The normalized spacial score (nSPS) is 13.6. The van der Waals surface area contributed by atoms with Crippen LogP contribution in [0.15, 0.2) is 42.5 Å². The SMILES string of the molecule is Cc1cccc(NC(=O)[C@@H](C)OC(=O)CN2C(=O)c3cccc([N+](=O)[O-])c3C2=O)c1. The van der Waals surface area contributed by atoms with Crippen LogP contribution in [0.4, 0.5) is 11.4 Å². The first-order valence-corrected chi connectivity index (χ1v) is 8.89. The molecule has 3 rings (SSSR count). The summed E-state index contributed by atoms with van der Waals surface area (Å²) in [6, 6.07) is 10.7. The van der Waals surface area contributed by atoms with Crippen molar-refractivity contribution < 1.29 is 28.8 Å². The molecule has 0 saturated heterocycles. The first-order chi connectivity index (χ1) is 14.2. The second-order valence-corrected chi connectivity index (χ2v) is 6.64. The molecule has 2 aromatic rings. The van der Waals surface area contributed by atoms with Gasteiger partial charge in [-0.2, -0.15) is 0 Å². The molecule has 30 heavy (non-hydrogen) atoms. The van der Waals surface area contributed by atoms with Crippen LogP contribution in [0.3, 0.4) is 0 Å². The van der Waals surface area contributed by atoms with Crippen molar-refractivity contribution in [1.29, 1.82) is 0 Å². The minimum Gasteiger partial charge on any atom is -0.451 e. The molecular weight excluding hydrogens is 394 g/mol. The number of nitro groups is 1. The predicted molar refractivity (Wildman–Crippen MR) is 104 cm³/mol. The molecule has 0 spiro atoms. The van der Waals surface area contributed by atoms with Crippen molar-refractivity contribution in [3.63, 3.8) is 0 Å². The number of aryl methyl sites for hydroxylation is 1. The summed E-state index contributed by atoms with van der Waals surface area (Å²) in [6.45, 7) is 2.42. The number of benzene rings is 2. The lowest BCUT2D eigenvalue weighted by Crippen LogP contribution is -2.38. The lowest BCUT2D eigenvalue weighted by molar-refractivity contribution is -0.385. The Morgan fingerprint density at radius 1 is 1.17 bits per heavy atom. The van der Waals surface area contributed by atoms with Crippen LogP contribution in [0.25, 0.3) is 0 Å². The summed E-state index contributed by atoms with van der Waals surface area (Å²) >= 11 is 0. The van der Waals surface area contributed by atoms with Crippen molar-refractivity contribution in [2.45, 2.75) is 20.0 Å². The molecular formula is C20H17N3O7. The molecule has 0 aliphatic carbocycles. The molecule has 1 aliphatic rings. The summed E-state index contributed by atoms with van der Waals surface area (Å²) in [6.07, 6.45) is -1.19. The monoisotopic (exact) mass is 411 g/mol. The molecule has 2 aromatic carbocycles. The molecule has 0 bridgehead atoms. The fourth-order valence-corrected chi connectivity index (χ4v) is 3.00. The van der Waals surface area contributed by atoms with Gasteiger partial charge in [-0.3, -0.25) is 34.2 Å². The van der Waals surface area contributed by atoms with Gasteiger partial charge in [-0.25, -0.2) is 0 Å². The second-order valence-electron chi connectivity index (χ2n) is 6.64. The summed E-state index contributed by atoms with van der Waals surface area (Å²) in [5.74, 6) is -3.39. The maximum absolute atomic E-state index is 12.5. The van der Waals surface area contributed by atoms with Gasteiger partial charge < -0.3 is 10.1 Å². The molecule has 1 N–H and O–H groups in total. The van der Waals surface area contributed by atoms with Crippen molar-refractivity contribution in [1.82, 2.24) is 4.90 Å². The number of amides is 3. The van der Waals surface area contributed by atoms with Gasteiger partial charge in [0.15, 0.2) is 6.10 Å². The van der Waals surface area contributed by atoms with Gasteiger partial charge in [0, 0.05) is 11.8 Å². The molecule has 154 valence electrons. The lowest BCUT2D eigenvalue weighted by atomic mass is 10.1. The van der Waals surface area contributed by atoms with Gasteiger partial charge in [-0.05, 0) is 37.6 Å². The molecule has 10 heteroatoms. The molecule has 0 unspecified atom stereocenters. The Bertz CT molecular complexity index is 1080. The minimum atomic E-state index is -1.19. The van der Waals surface area contributed by atoms with Crippen molar-refractivity contribution in [3.05, 3.63) is 69.3 Å². The third kappa shape index (κ3) is 4.02. The van der Waals surface area contributed by atoms with Crippen LogP contribution < -0.4 is 5.32 Å². The van der Waals surface area contributed by atoms with Crippen LogP contribution >= 0.6 is 0 Å². The van der Waals surface area contributed by atoms with Crippen molar-refractivity contribution >= 4 is 35.1 Å². The Morgan fingerprint density at radius 3 is 2.53 bits per heavy atom. The first-order valence-electron chi connectivity index (χ1n) is 8.89. The van der Waals surface area contributed by atoms with Crippen molar-refractivity contribution in [2.75, 3.05) is 11.9 Å². The minimum absolute atomic E-state index is 0.160. The summed E-state index contributed by atoms with van der Waals surface area (Å²) in [4.78, 5) is 60.2. The average Bonchev–Trinajstić information content (AvgIpc) is 2.92. The number of rotatable bonds is 6. The predicted octanol–water partition coefficient (Wildman–Crippen LogP) is 2.07. The maximum atomic E-state index is 12.5. The van der Waals surface area contributed by atoms with E-state index in [4.69, 9.17) is 4.74 Å². The lowest BCUT2D eigenvalue weighted by Gasteiger charge is -2.16. The van der Waals surface area contributed by atoms with Crippen LogP contribution in [-0.2, 0) is 14.3 Å². The van der Waals surface area contributed by atoms with E-state index in [0.717, 1.165) is 11.6 Å². The van der Waals surface area contributed by atoms with Gasteiger partial charge in [-0.1, -0.05) is 18.2 Å². The smallest absolute Gasteiger partial charge is 0.326 e. The van der Waals surface area contributed by atoms with Crippen LogP contribution in [0.1, 0.15) is 33.2 Å². The number of carbonyl (C=O) groups is 4. The van der Waals surface area contributed by atoms with E-state index in [1.165, 1.54) is 19.1 Å². The number of nitrogens with zero attached hydrogens (tertiary/aromatic N) is 2. The van der Waals surface area contributed by atoms with Crippen LogP contribution in [-0.4, -0.2) is 46.2 Å². The second kappa shape index (κ2) is 8.11. The molecule has 3 amide bonds. The molecule has 0 saturated carbocycles. The quantitative estimate of drug-likeness (QED) is 0.333. The Balaban J connectivity index is 1.65. The van der Waals surface area contributed by atoms with E-state index < -0.39 is 47.0 Å². The zero-order valence-electron chi connectivity index (χ0n) is 16.1. The van der Waals surface area contributed by atoms with Gasteiger partial charge in [0.25, 0.3) is 23.4 Å². The highest BCUT2D eigenvalue weighted by Crippen LogP contribution is 2.30. The highest BCUT2D eigenvalue weighted by molar-refractivity contribution is 6.24. The Morgan fingerprint density at radius 2 is 1.87 bits per heavy atom.